The minimum absolute atomic E-state index is 0.272. The Hall–Kier alpha value is -3.15. The molecule has 0 heterocycles. The Morgan fingerprint density at radius 2 is 1.52 bits per heavy atom. The maximum Gasteiger partial charge on any atom is 0.253 e. The zero-order chi connectivity index (χ0) is 22.1. The van der Waals surface area contributed by atoms with Gasteiger partial charge in [0.15, 0.2) is 0 Å². The molecule has 0 spiro atoms. The second-order valence-electron chi connectivity index (χ2n) is 7.19. The van der Waals surface area contributed by atoms with E-state index in [-0.39, 0.29) is 11.8 Å². The van der Waals surface area contributed by atoms with Crippen LogP contribution >= 0.6 is 11.6 Å². The highest BCUT2D eigenvalue weighted by atomic mass is 35.5. The molecule has 0 aliphatic heterocycles. The van der Waals surface area contributed by atoms with E-state index in [0.717, 1.165) is 16.7 Å². The average molecular weight is 437 g/mol. The molecule has 31 heavy (non-hydrogen) atoms. The molecule has 0 radical (unpaired) electrons. The number of hydrogen-bond donors (Lipinski definition) is 2. The van der Waals surface area contributed by atoms with Crippen LogP contribution in [0.2, 0.25) is 5.02 Å². The van der Waals surface area contributed by atoms with Gasteiger partial charge in [-0.05, 0) is 35.7 Å². The smallest absolute Gasteiger partial charge is 0.253 e. The molecule has 5 nitrogen and oxygen atoms in total. The number of rotatable bonds is 9. The van der Waals surface area contributed by atoms with E-state index in [1.54, 1.807) is 31.2 Å². The number of benzene rings is 3. The van der Waals surface area contributed by atoms with E-state index in [1.807, 2.05) is 54.6 Å². The summed E-state index contributed by atoms with van der Waals surface area (Å²) in [5, 5.41) is 5.87. The minimum Gasteiger partial charge on any atom is -0.372 e. The summed E-state index contributed by atoms with van der Waals surface area (Å²) in [6.45, 7) is 3.03. The van der Waals surface area contributed by atoms with Gasteiger partial charge in [0.1, 0.15) is 6.04 Å². The van der Waals surface area contributed by atoms with Crippen molar-refractivity contribution in [1.29, 1.82) is 0 Å². The molecule has 0 aromatic heterocycles. The Morgan fingerprint density at radius 3 is 2.29 bits per heavy atom. The van der Waals surface area contributed by atoms with Crippen molar-refractivity contribution in [3.05, 3.63) is 106 Å². The molecule has 0 saturated carbocycles. The number of ether oxygens (including phenoxy) is 1. The van der Waals surface area contributed by atoms with Gasteiger partial charge in [-0.15, -0.1) is 0 Å². The predicted octanol–water partition coefficient (Wildman–Crippen LogP) is 4.49. The van der Waals surface area contributed by atoms with Crippen molar-refractivity contribution in [3.63, 3.8) is 0 Å². The summed E-state index contributed by atoms with van der Waals surface area (Å²) < 4.78 is 5.77. The molecule has 0 aliphatic carbocycles. The van der Waals surface area contributed by atoms with Crippen molar-refractivity contribution in [3.8, 4) is 0 Å². The average Bonchev–Trinajstić information content (AvgIpc) is 2.78. The van der Waals surface area contributed by atoms with Gasteiger partial charge in [-0.2, -0.15) is 0 Å². The van der Waals surface area contributed by atoms with Crippen molar-refractivity contribution in [2.75, 3.05) is 0 Å². The third kappa shape index (κ3) is 6.95. The van der Waals surface area contributed by atoms with E-state index < -0.39 is 6.04 Å². The first-order valence-corrected chi connectivity index (χ1v) is 10.4. The Balaban J connectivity index is 1.46. The van der Waals surface area contributed by atoms with Gasteiger partial charge in [0.2, 0.25) is 5.91 Å². The van der Waals surface area contributed by atoms with Gasteiger partial charge in [-0.25, -0.2) is 0 Å². The number of carbonyl (C=O) groups is 2. The lowest BCUT2D eigenvalue weighted by molar-refractivity contribution is -0.122. The highest BCUT2D eigenvalue weighted by Gasteiger charge is 2.17. The Kier molecular flexibility index (Phi) is 8.21. The SMILES string of the molecule is CC(NC(=O)c1ccccc1Cl)C(=O)NCc1cccc(COCc2ccccc2)c1. The molecular weight excluding hydrogens is 412 g/mol. The zero-order valence-electron chi connectivity index (χ0n) is 17.3. The van der Waals surface area contributed by atoms with Gasteiger partial charge in [0.25, 0.3) is 5.91 Å². The van der Waals surface area contributed by atoms with E-state index in [0.29, 0.717) is 30.3 Å². The number of carbonyl (C=O) groups excluding carboxylic acids is 2. The van der Waals surface area contributed by atoms with E-state index >= 15 is 0 Å². The van der Waals surface area contributed by atoms with Gasteiger partial charge in [0, 0.05) is 6.54 Å². The molecule has 0 bridgehead atoms. The molecule has 0 saturated heterocycles. The van der Waals surface area contributed by atoms with Gasteiger partial charge in [-0.3, -0.25) is 9.59 Å². The van der Waals surface area contributed by atoms with Crippen LogP contribution in [0.25, 0.3) is 0 Å². The molecule has 0 aliphatic rings. The monoisotopic (exact) mass is 436 g/mol. The van der Waals surface area contributed by atoms with Crippen LogP contribution in [-0.4, -0.2) is 17.9 Å². The third-order valence-electron chi connectivity index (χ3n) is 4.70. The molecule has 1 atom stereocenters. The summed E-state index contributed by atoms with van der Waals surface area (Å²) in [7, 11) is 0. The summed E-state index contributed by atoms with van der Waals surface area (Å²) in [6, 6.07) is 23.9. The Morgan fingerprint density at radius 1 is 0.871 bits per heavy atom. The molecule has 1 unspecified atom stereocenters. The van der Waals surface area contributed by atoms with Gasteiger partial charge in [-0.1, -0.05) is 78.3 Å². The molecule has 160 valence electrons. The van der Waals surface area contributed by atoms with Gasteiger partial charge in [0.05, 0.1) is 23.8 Å². The summed E-state index contributed by atoms with van der Waals surface area (Å²) >= 11 is 6.04. The van der Waals surface area contributed by atoms with Crippen LogP contribution in [0, 0.1) is 0 Å². The molecular formula is C25H25ClN2O3. The van der Waals surface area contributed by atoms with Crippen molar-refractivity contribution in [1.82, 2.24) is 10.6 Å². The van der Waals surface area contributed by atoms with Crippen LogP contribution in [0.1, 0.15) is 34.0 Å². The fourth-order valence-corrected chi connectivity index (χ4v) is 3.24. The number of amides is 2. The number of hydrogen-bond acceptors (Lipinski definition) is 3. The molecule has 3 aromatic carbocycles. The normalized spacial score (nSPS) is 11.5. The van der Waals surface area contributed by atoms with E-state index in [9.17, 15) is 9.59 Å². The van der Waals surface area contributed by atoms with E-state index in [4.69, 9.17) is 16.3 Å². The lowest BCUT2D eigenvalue weighted by Crippen LogP contribution is -2.44. The zero-order valence-corrected chi connectivity index (χ0v) is 18.1. The topological polar surface area (TPSA) is 67.4 Å². The van der Waals surface area contributed by atoms with Crippen molar-refractivity contribution >= 4 is 23.4 Å². The first kappa shape index (κ1) is 22.5. The molecule has 6 heteroatoms. The van der Waals surface area contributed by atoms with Crippen molar-refractivity contribution in [2.45, 2.75) is 32.7 Å². The molecule has 2 amide bonds. The van der Waals surface area contributed by atoms with Gasteiger partial charge < -0.3 is 15.4 Å². The summed E-state index contributed by atoms with van der Waals surface area (Å²) in [5.41, 5.74) is 3.45. The fraction of sp³-hybridized carbons (Fsp3) is 0.200. The predicted molar refractivity (Wildman–Crippen MR) is 122 cm³/mol. The maximum absolute atomic E-state index is 12.4. The molecule has 3 aromatic rings. The summed E-state index contributed by atoms with van der Waals surface area (Å²) in [4.78, 5) is 24.7. The second-order valence-corrected chi connectivity index (χ2v) is 7.60. The second kappa shape index (κ2) is 11.3. The van der Waals surface area contributed by atoms with E-state index in [2.05, 4.69) is 10.6 Å². The van der Waals surface area contributed by atoms with Crippen molar-refractivity contribution < 1.29 is 14.3 Å². The van der Waals surface area contributed by atoms with Crippen LogP contribution in [-0.2, 0) is 29.3 Å². The summed E-state index contributed by atoms with van der Waals surface area (Å²) in [5.74, 6) is -0.656. The van der Waals surface area contributed by atoms with Crippen molar-refractivity contribution in [2.24, 2.45) is 0 Å². The Labute approximate surface area is 187 Å². The molecule has 0 fully saturated rings. The lowest BCUT2D eigenvalue weighted by Gasteiger charge is -2.15. The van der Waals surface area contributed by atoms with Crippen LogP contribution in [0.3, 0.4) is 0 Å². The standard InChI is InChI=1S/C25H25ClN2O3/c1-18(28-25(30)22-12-5-6-13-23(22)26)24(29)27-15-20-10-7-11-21(14-20)17-31-16-19-8-3-2-4-9-19/h2-14,18H,15-17H2,1H3,(H,27,29)(H,28,30). The highest BCUT2D eigenvalue weighted by Crippen LogP contribution is 2.14. The van der Waals surface area contributed by atoms with Crippen LogP contribution in [0.4, 0.5) is 0 Å². The largest absolute Gasteiger partial charge is 0.372 e. The number of nitrogens with one attached hydrogen (secondary N) is 2. The van der Waals surface area contributed by atoms with Crippen LogP contribution < -0.4 is 10.6 Å². The fourth-order valence-electron chi connectivity index (χ4n) is 3.02. The first-order chi connectivity index (χ1) is 15.0. The third-order valence-corrected chi connectivity index (χ3v) is 5.03. The molecule has 3 rings (SSSR count). The lowest BCUT2D eigenvalue weighted by atomic mass is 10.1. The van der Waals surface area contributed by atoms with Gasteiger partial charge >= 0.3 is 0 Å². The van der Waals surface area contributed by atoms with Crippen LogP contribution in [0.5, 0.6) is 0 Å². The minimum atomic E-state index is -0.693. The highest BCUT2D eigenvalue weighted by molar-refractivity contribution is 6.33. The quantitative estimate of drug-likeness (QED) is 0.519. The Bertz CT molecular complexity index is 1020. The first-order valence-electron chi connectivity index (χ1n) is 10.1. The molecule has 2 N–H and O–H groups in total. The van der Waals surface area contributed by atoms with Crippen LogP contribution in [0.15, 0.2) is 78.9 Å². The van der Waals surface area contributed by atoms with E-state index in [1.165, 1.54) is 0 Å². The maximum atomic E-state index is 12.4. The number of halogens is 1. The summed E-state index contributed by atoms with van der Waals surface area (Å²) in [6.07, 6.45) is 0.